The molecule has 0 fully saturated rings. The lowest BCUT2D eigenvalue weighted by molar-refractivity contribution is 0.0779. The van der Waals surface area contributed by atoms with E-state index in [-0.39, 0.29) is 10.8 Å². The SMILES string of the molecule is Cc1ccc(C)c(S(=O)(=O)Nc2cccc(C(=O)N(C)CC(C)C)c2)c1. The van der Waals surface area contributed by atoms with E-state index in [1.54, 1.807) is 55.3 Å². The van der Waals surface area contributed by atoms with Crippen LogP contribution >= 0.6 is 0 Å². The number of benzene rings is 2. The van der Waals surface area contributed by atoms with Crippen LogP contribution in [0, 0.1) is 19.8 Å². The summed E-state index contributed by atoms with van der Waals surface area (Å²) in [6.07, 6.45) is 0. The highest BCUT2D eigenvalue weighted by Crippen LogP contribution is 2.21. The van der Waals surface area contributed by atoms with Crippen LogP contribution in [0.5, 0.6) is 0 Å². The van der Waals surface area contributed by atoms with Gasteiger partial charge in [0.1, 0.15) is 0 Å². The molecule has 0 aromatic heterocycles. The molecule has 2 rings (SSSR count). The van der Waals surface area contributed by atoms with Gasteiger partial charge in [0.2, 0.25) is 0 Å². The zero-order valence-corrected chi connectivity index (χ0v) is 16.7. The monoisotopic (exact) mass is 374 g/mol. The van der Waals surface area contributed by atoms with Crippen LogP contribution in [0.25, 0.3) is 0 Å². The number of carbonyl (C=O) groups is 1. The van der Waals surface area contributed by atoms with Gasteiger partial charge in [0.15, 0.2) is 0 Å². The number of rotatable bonds is 6. The van der Waals surface area contributed by atoms with Crippen molar-refractivity contribution in [1.82, 2.24) is 4.90 Å². The highest BCUT2D eigenvalue weighted by atomic mass is 32.2. The first kappa shape index (κ1) is 20.0. The molecule has 0 saturated carbocycles. The zero-order valence-electron chi connectivity index (χ0n) is 15.9. The lowest BCUT2D eigenvalue weighted by Crippen LogP contribution is -2.30. The molecule has 1 N–H and O–H groups in total. The van der Waals surface area contributed by atoms with E-state index in [1.807, 2.05) is 26.8 Å². The second-order valence-corrected chi connectivity index (χ2v) is 8.69. The van der Waals surface area contributed by atoms with Crippen LogP contribution in [0.15, 0.2) is 47.4 Å². The molecular weight excluding hydrogens is 348 g/mol. The third kappa shape index (κ3) is 4.85. The Morgan fingerprint density at radius 1 is 1.12 bits per heavy atom. The molecule has 0 aliphatic carbocycles. The fourth-order valence-corrected chi connectivity index (χ4v) is 4.15. The van der Waals surface area contributed by atoms with Crippen LogP contribution in [0.2, 0.25) is 0 Å². The van der Waals surface area contributed by atoms with Crippen molar-refractivity contribution in [3.63, 3.8) is 0 Å². The number of anilines is 1. The summed E-state index contributed by atoms with van der Waals surface area (Å²) in [5.41, 5.74) is 2.37. The first-order chi connectivity index (χ1) is 12.1. The molecule has 1 amide bonds. The van der Waals surface area contributed by atoms with Gasteiger partial charge in [-0.3, -0.25) is 9.52 Å². The van der Waals surface area contributed by atoms with Crippen molar-refractivity contribution >= 4 is 21.6 Å². The minimum absolute atomic E-state index is 0.133. The van der Waals surface area contributed by atoms with Gasteiger partial charge in [0.05, 0.1) is 4.90 Å². The van der Waals surface area contributed by atoms with Gasteiger partial charge in [-0.15, -0.1) is 0 Å². The second kappa shape index (κ2) is 7.91. The fourth-order valence-electron chi connectivity index (χ4n) is 2.77. The molecule has 2 aromatic carbocycles. The number of sulfonamides is 1. The van der Waals surface area contributed by atoms with Crippen LogP contribution in [0.3, 0.4) is 0 Å². The van der Waals surface area contributed by atoms with Crippen LogP contribution in [0.4, 0.5) is 5.69 Å². The normalized spacial score (nSPS) is 11.5. The van der Waals surface area contributed by atoms with Crippen molar-refractivity contribution in [1.29, 1.82) is 0 Å². The maximum atomic E-state index is 12.7. The van der Waals surface area contributed by atoms with Gasteiger partial charge in [0, 0.05) is 24.8 Å². The zero-order chi connectivity index (χ0) is 19.5. The number of carbonyl (C=O) groups excluding carboxylic acids is 1. The minimum atomic E-state index is -3.72. The standard InChI is InChI=1S/C20H26N2O3S/c1-14(2)13-22(5)20(23)17-7-6-8-18(12-17)21-26(24,25)19-11-15(3)9-10-16(19)4/h6-12,14,21H,13H2,1-5H3. The van der Waals surface area contributed by atoms with Crippen molar-refractivity contribution in [2.45, 2.75) is 32.6 Å². The van der Waals surface area contributed by atoms with Crippen molar-refractivity contribution in [2.75, 3.05) is 18.3 Å². The Morgan fingerprint density at radius 3 is 2.46 bits per heavy atom. The van der Waals surface area contributed by atoms with Gasteiger partial charge in [0.25, 0.3) is 15.9 Å². The number of hydrogen-bond acceptors (Lipinski definition) is 3. The highest BCUT2D eigenvalue weighted by molar-refractivity contribution is 7.92. The van der Waals surface area contributed by atoms with E-state index in [1.165, 1.54) is 0 Å². The van der Waals surface area contributed by atoms with E-state index < -0.39 is 10.0 Å². The van der Waals surface area contributed by atoms with Crippen LogP contribution in [-0.4, -0.2) is 32.8 Å². The third-order valence-corrected chi connectivity index (χ3v) is 5.50. The molecule has 0 heterocycles. The van der Waals surface area contributed by atoms with Gasteiger partial charge < -0.3 is 4.90 Å². The smallest absolute Gasteiger partial charge is 0.262 e. The highest BCUT2D eigenvalue weighted by Gasteiger charge is 2.18. The third-order valence-electron chi connectivity index (χ3n) is 3.98. The lowest BCUT2D eigenvalue weighted by Gasteiger charge is -2.20. The summed E-state index contributed by atoms with van der Waals surface area (Å²) in [4.78, 5) is 14.4. The van der Waals surface area contributed by atoms with Gasteiger partial charge in [-0.25, -0.2) is 8.42 Å². The van der Waals surface area contributed by atoms with Crippen molar-refractivity contribution in [2.24, 2.45) is 5.92 Å². The number of amides is 1. The molecule has 6 heteroatoms. The molecule has 0 aliphatic rings. The summed E-state index contributed by atoms with van der Waals surface area (Å²) >= 11 is 0. The van der Waals surface area contributed by atoms with Crippen LogP contribution < -0.4 is 4.72 Å². The summed E-state index contributed by atoms with van der Waals surface area (Å²) in [6.45, 7) is 8.32. The van der Waals surface area contributed by atoms with Crippen LogP contribution in [-0.2, 0) is 10.0 Å². The first-order valence-electron chi connectivity index (χ1n) is 8.56. The Hall–Kier alpha value is -2.34. The molecule has 0 saturated heterocycles. The van der Waals surface area contributed by atoms with Crippen molar-refractivity contribution < 1.29 is 13.2 Å². The average molecular weight is 375 g/mol. The minimum Gasteiger partial charge on any atom is -0.341 e. The number of aryl methyl sites for hydroxylation is 2. The molecule has 26 heavy (non-hydrogen) atoms. The quantitative estimate of drug-likeness (QED) is 0.835. The summed E-state index contributed by atoms with van der Waals surface area (Å²) in [5.74, 6) is 0.224. The van der Waals surface area contributed by atoms with E-state index in [4.69, 9.17) is 0 Å². The largest absolute Gasteiger partial charge is 0.341 e. The van der Waals surface area contributed by atoms with E-state index in [2.05, 4.69) is 4.72 Å². The fraction of sp³-hybridized carbons (Fsp3) is 0.350. The molecule has 0 radical (unpaired) electrons. The Morgan fingerprint density at radius 2 is 1.81 bits per heavy atom. The molecule has 5 nitrogen and oxygen atoms in total. The maximum absolute atomic E-state index is 12.7. The van der Waals surface area contributed by atoms with Gasteiger partial charge in [-0.05, 0) is 55.2 Å². The Kier molecular flexibility index (Phi) is 6.08. The molecular formula is C20H26N2O3S. The Bertz CT molecular complexity index is 905. The predicted molar refractivity (Wildman–Crippen MR) is 105 cm³/mol. The number of nitrogens with one attached hydrogen (secondary N) is 1. The molecule has 2 aromatic rings. The number of nitrogens with zero attached hydrogens (tertiary/aromatic N) is 1. The lowest BCUT2D eigenvalue weighted by atomic mass is 10.1. The van der Waals surface area contributed by atoms with E-state index in [0.29, 0.717) is 29.3 Å². The van der Waals surface area contributed by atoms with Gasteiger partial charge >= 0.3 is 0 Å². The maximum Gasteiger partial charge on any atom is 0.262 e. The van der Waals surface area contributed by atoms with Crippen LogP contribution in [0.1, 0.15) is 35.3 Å². The summed E-state index contributed by atoms with van der Waals surface area (Å²) in [6, 6.07) is 11.9. The molecule has 140 valence electrons. The second-order valence-electron chi connectivity index (χ2n) is 7.03. The molecule has 0 bridgehead atoms. The molecule has 0 atom stereocenters. The first-order valence-corrected chi connectivity index (χ1v) is 10.0. The molecule has 0 spiro atoms. The summed E-state index contributed by atoms with van der Waals surface area (Å²) in [5, 5.41) is 0. The molecule has 0 aliphatic heterocycles. The van der Waals surface area contributed by atoms with E-state index in [9.17, 15) is 13.2 Å². The van der Waals surface area contributed by atoms with E-state index in [0.717, 1.165) is 5.56 Å². The van der Waals surface area contributed by atoms with Gasteiger partial charge in [-0.1, -0.05) is 32.0 Å². The van der Waals surface area contributed by atoms with E-state index >= 15 is 0 Å². The van der Waals surface area contributed by atoms with Gasteiger partial charge in [-0.2, -0.15) is 0 Å². The topological polar surface area (TPSA) is 66.5 Å². The Balaban J connectivity index is 2.28. The summed E-state index contributed by atoms with van der Waals surface area (Å²) in [7, 11) is -1.98. The summed E-state index contributed by atoms with van der Waals surface area (Å²) < 4.78 is 28.0. The van der Waals surface area contributed by atoms with Crippen molar-refractivity contribution in [3.05, 3.63) is 59.2 Å². The predicted octanol–water partition coefficient (Wildman–Crippen LogP) is 3.83. The average Bonchev–Trinajstić information content (AvgIpc) is 2.55. The molecule has 0 unspecified atom stereocenters. The van der Waals surface area contributed by atoms with Crippen molar-refractivity contribution in [3.8, 4) is 0 Å². The number of hydrogen-bond donors (Lipinski definition) is 1. The Labute approximate surface area is 156 Å².